The van der Waals surface area contributed by atoms with Gasteiger partial charge in [0.25, 0.3) is 5.91 Å². The summed E-state index contributed by atoms with van der Waals surface area (Å²) in [5, 5.41) is 3.35. The van der Waals surface area contributed by atoms with Crippen molar-refractivity contribution >= 4 is 38.5 Å². The Balaban J connectivity index is 1.42. The highest BCUT2D eigenvalue weighted by atomic mass is 32.1. The van der Waals surface area contributed by atoms with Gasteiger partial charge in [-0.15, -0.1) is 11.3 Å². The topological polar surface area (TPSA) is 87.5 Å². The summed E-state index contributed by atoms with van der Waals surface area (Å²) in [5.41, 5.74) is 9.64. The van der Waals surface area contributed by atoms with E-state index in [1.165, 1.54) is 10.2 Å². The SMILES string of the molecule is CCCC1C[C@@H](N)CN(C(=O)c2cc(OC)c3c(c2)nc(-c2cc4ccsc4n2C2CCOC2)n3C)C1. The molecule has 2 unspecified atom stereocenters. The van der Waals surface area contributed by atoms with Crippen molar-refractivity contribution in [1.29, 1.82) is 0 Å². The van der Waals surface area contributed by atoms with E-state index in [1.54, 1.807) is 18.4 Å². The number of hydrogen-bond donors (Lipinski definition) is 1. The lowest BCUT2D eigenvalue weighted by Gasteiger charge is -2.36. The molecule has 37 heavy (non-hydrogen) atoms. The van der Waals surface area contributed by atoms with Crippen molar-refractivity contribution in [1.82, 2.24) is 19.0 Å². The summed E-state index contributed by atoms with van der Waals surface area (Å²) in [7, 11) is 3.67. The van der Waals surface area contributed by atoms with Crippen LogP contribution in [0, 0.1) is 5.92 Å². The summed E-state index contributed by atoms with van der Waals surface area (Å²) in [6.45, 7) is 5.00. The number of methoxy groups -OCH3 is 1. The van der Waals surface area contributed by atoms with E-state index in [4.69, 9.17) is 20.2 Å². The van der Waals surface area contributed by atoms with Crippen LogP contribution in [0.15, 0.2) is 29.6 Å². The van der Waals surface area contributed by atoms with E-state index in [0.717, 1.165) is 61.4 Å². The molecule has 9 heteroatoms. The van der Waals surface area contributed by atoms with Crippen LogP contribution in [0.4, 0.5) is 0 Å². The number of nitrogens with two attached hydrogens (primary N) is 1. The lowest BCUT2D eigenvalue weighted by Crippen LogP contribution is -2.49. The molecule has 2 N–H and O–H groups in total. The highest BCUT2D eigenvalue weighted by Gasteiger charge is 2.30. The Bertz CT molecular complexity index is 1450. The van der Waals surface area contributed by atoms with Crippen molar-refractivity contribution in [3.8, 4) is 17.3 Å². The number of aryl methyl sites for hydroxylation is 1. The molecule has 8 nitrogen and oxygen atoms in total. The second kappa shape index (κ2) is 9.78. The minimum absolute atomic E-state index is 0.00403. The number of nitrogens with zero attached hydrogens (tertiary/aromatic N) is 4. The van der Waals surface area contributed by atoms with Gasteiger partial charge in [-0.1, -0.05) is 13.3 Å². The lowest BCUT2D eigenvalue weighted by atomic mass is 9.90. The average Bonchev–Trinajstić information content (AvgIpc) is 3.67. The van der Waals surface area contributed by atoms with Crippen LogP contribution in [-0.2, 0) is 11.8 Å². The molecule has 2 fully saturated rings. The number of piperidine rings is 1. The molecule has 6 rings (SSSR count). The standard InChI is InChI=1S/C28H35N5O3S/c1-4-5-17-10-20(29)15-32(14-17)27(34)19-11-22-25(24(13-19)35-3)31(2)26(30-22)23-12-18-7-9-37-28(18)33(23)21-6-8-36-16-21/h7,9,11-13,17,20-21H,4-6,8,10,14-16,29H2,1-3H3/t17?,20-,21?/m1/s1. The quantitative estimate of drug-likeness (QED) is 0.393. The van der Waals surface area contributed by atoms with E-state index in [-0.39, 0.29) is 18.0 Å². The van der Waals surface area contributed by atoms with E-state index < -0.39 is 0 Å². The van der Waals surface area contributed by atoms with E-state index in [2.05, 4.69) is 33.6 Å². The number of ether oxygens (including phenoxy) is 2. The third-order valence-electron chi connectivity index (χ3n) is 7.90. The lowest BCUT2D eigenvalue weighted by molar-refractivity contribution is 0.0643. The van der Waals surface area contributed by atoms with Gasteiger partial charge >= 0.3 is 0 Å². The summed E-state index contributed by atoms with van der Waals surface area (Å²) < 4.78 is 16.0. The van der Waals surface area contributed by atoms with Gasteiger partial charge in [0.2, 0.25) is 0 Å². The second-order valence-corrected chi connectivity index (χ2v) is 11.4. The van der Waals surface area contributed by atoms with Crippen molar-refractivity contribution in [3.05, 3.63) is 35.2 Å². The zero-order chi connectivity index (χ0) is 25.7. The molecular formula is C28H35N5O3S. The fourth-order valence-corrected chi connectivity index (χ4v) is 7.20. The van der Waals surface area contributed by atoms with Crippen molar-refractivity contribution in [2.45, 2.75) is 44.7 Å². The molecule has 0 aliphatic carbocycles. The summed E-state index contributed by atoms with van der Waals surface area (Å²) >= 11 is 1.75. The minimum Gasteiger partial charge on any atom is -0.494 e. The number of rotatable bonds is 6. The molecule has 0 spiro atoms. The second-order valence-electron chi connectivity index (χ2n) is 10.5. The van der Waals surface area contributed by atoms with Crippen molar-refractivity contribution in [2.75, 3.05) is 33.4 Å². The first-order chi connectivity index (χ1) is 18.0. The van der Waals surface area contributed by atoms with Gasteiger partial charge in [0.15, 0.2) is 5.82 Å². The van der Waals surface area contributed by atoms with Gasteiger partial charge in [-0.05, 0) is 54.8 Å². The molecule has 0 bridgehead atoms. The molecule has 3 aromatic heterocycles. The van der Waals surface area contributed by atoms with Crippen LogP contribution < -0.4 is 10.5 Å². The monoisotopic (exact) mass is 521 g/mol. The summed E-state index contributed by atoms with van der Waals surface area (Å²) in [6.07, 6.45) is 4.15. The Kier molecular flexibility index (Phi) is 6.46. The number of carbonyl (C=O) groups excluding carboxylic acids is 1. The van der Waals surface area contributed by atoms with Gasteiger partial charge in [0, 0.05) is 43.7 Å². The molecule has 1 aromatic carbocycles. The number of aromatic nitrogens is 3. The fraction of sp³-hybridized carbons (Fsp3) is 0.500. The number of likely N-dealkylation sites (tertiary alicyclic amines) is 1. The number of amides is 1. The predicted octanol–water partition coefficient (Wildman–Crippen LogP) is 4.82. The van der Waals surface area contributed by atoms with Gasteiger partial charge in [-0.2, -0.15) is 0 Å². The largest absolute Gasteiger partial charge is 0.494 e. The Morgan fingerprint density at radius 1 is 1.30 bits per heavy atom. The zero-order valence-electron chi connectivity index (χ0n) is 21.8. The third-order valence-corrected chi connectivity index (χ3v) is 8.83. The molecule has 196 valence electrons. The Hall–Kier alpha value is -2.88. The van der Waals surface area contributed by atoms with E-state index in [9.17, 15) is 4.79 Å². The average molecular weight is 522 g/mol. The third kappa shape index (κ3) is 4.23. The molecule has 3 atom stereocenters. The van der Waals surface area contributed by atoms with Crippen molar-refractivity contribution in [2.24, 2.45) is 18.7 Å². The van der Waals surface area contributed by atoms with E-state index >= 15 is 0 Å². The first kappa shape index (κ1) is 24.5. The maximum atomic E-state index is 13.6. The Morgan fingerprint density at radius 2 is 2.16 bits per heavy atom. The van der Waals surface area contributed by atoms with E-state index in [0.29, 0.717) is 30.4 Å². The molecule has 4 aromatic rings. The molecule has 5 heterocycles. The zero-order valence-corrected chi connectivity index (χ0v) is 22.6. The van der Waals surface area contributed by atoms with Crippen LogP contribution >= 0.6 is 11.3 Å². The predicted molar refractivity (Wildman–Crippen MR) is 147 cm³/mol. The summed E-state index contributed by atoms with van der Waals surface area (Å²) in [6, 6.07) is 8.44. The molecule has 0 saturated carbocycles. The number of thiophene rings is 1. The number of fused-ring (bicyclic) bond motifs is 2. The van der Waals surface area contributed by atoms with Crippen LogP contribution in [0.1, 0.15) is 49.0 Å². The Morgan fingerprint density at radius 3 is 2.92 bits per heavy atom. The van der Waals surface area contributed by atoms with Crippen LogP contribution in [0.2, 0.25) is 0 Å². The molecule has 2 aliphatic heterocycles. The van der Waals surface area contributed by atoms with Gasteiger partial charge in [-0.25, -0.2) is 4.98 Å². The molecular weight excluding hydrogens is 486 g/mol. The van der Waals surface area contributed by atoms with Crippen LogP contribution in [-0.4, -0.2) is 64.4 Å². The maximum absolute atomic E-state index is 13.6. The van der Waals surface area contributed by atoms with Gasteiger partial charge in [-0.3, -0.25) is 4.79 Å². The smallest absolute Gasteiger partial charge is 0.254 e. The first-order valence-electron chi connectivity index (χ1n) is 13.2. The number of benzene rings is 1. The van der Waals surface area contributed by atoms with Crippen molar-refractivity contribution in [3.63, 3.8) is 0 Å². The van der Waals surface area contributed by atoms with Crippen LogP contribution in [0.3, 0.4) is 0 Å². The van der Waals surface area contributed by atoms with Gasteiger partial charge in [0.1, 0.15) is 16.1 Å². The highest BCUT2D eigenvalue weighted by molar-refractivity contribution is 7.16. The summed E-state index contributed by atoms with van der Waals surface area (Å²) in [5.74, 6) is 1.95. The van der Waals surface area contributed by atoms with Gasteiger partial charge < -0.3 is 29.2 Å². The van der Waals surface area contributed by atoms with Crippen LogP contribution in [0.25, 0.3) is 32.8 Å². The number of imidazole rings is 1. The van der Waals surface area contributed by atoms with Gasteiger partial charge in [0.05, 0.1) is 31.0 Å². The van der Waals surface area contributed by atoms with Crippen LogP contribution in [0.5, 0.6) is 5.75 Å². The molecule has 0 radical (unpaired) electrons. The summed E-state index contributed by atoms with van der Waals surface area (Å²) in [4.78, 5) is 21.9. The molecule has 1 amide bonds. The van der Waals surface area contributed by atoms with Crippen molar-refractivity contribution < 1.29 is 14.3 Å². The Labute approximate surface area is 221 Å². The number of carbonyl (C=O) groups is 1. The number of hydrogen-bond acceptors (Lipinski definition) is 6. The maximum Gasteiger partial charge on any atom is 0.254 e. The minimum atomic E-state index is -0.00403. The van der Waals surface area contributed by atoms with E-state index in [1.807, 2.05) is 24.1 Å². The highest BCUT2D eigenvalue weighted by Crippen LogP contribution is 2.39. The normalized spacial score (nSPS) is 22.4. The molecule has 2 aliphatic rings. The fourth-order valence-electron chi connectivity index (χ4n) is 6.23. The molecule has 2 saturated heterocycles. The first-order valence-corrected chi connectivity index (χ1v) is 14.1.